The SMILES string of the molecule is Cc1nn(C)cc1NC(=O)C1CCC(CN)O1. The fourth-order valence-corrected chi connectivity index (χ4v) is 2.01. The quantitative estimate of drug-likeness (QED) is 0.786. The molecule has 1 aromatic heterocycles. The van der Waals surface area contributed by atoms with Crippen molar-refractivity contribution >= 4 is 11.6 Å². The predicted molar refractivity (Wildman–Crippen MR) is 63.5 cm³/mol. The topological polar surface area (TPSA) is 82.2 Å². The summed E-state index contributed by atoms with van der Waals surface area (Å²) in [6.45, 7) is 2.32. The van der Waals surface area contributed by atoms with Gasteiger partial charge >= 0.3 is 0 Å². The number of amides is 1. The number of nitrogens with one attached hydrogen (secondary N) is 1. The number of carbonyl (C=O) groups excluding carboxylic acids is 1. The summed E-state index contributed by atoms with van der Waals surface area (Å²) in [7, 11) is 1.82. The number of hydrogen-bond acceptors (Lipinski definition) is 4. The minimum atomic E-state index is -0.386. The highest BCUT2D eigenvalue weighted by Gasteiger charge is 2.30. The number of rotatable bonds is 3. The van der Waals surface area contributed by atoms with Gasteiger partial charge in [-0.05, 0) is 19.8 Å². The van der Waals surface area contributed by atoms with Crippen LogP contribution in [0, 0.1) is 6.92 Å². The number of anilines is 1. The van der Waals surface area contributed by atoms with Gasteiger partial charge in [-0.2, -0.15) is 5.10 Å². The third-order valence-electron chi connectivity index (χ3n) is 2.93. The van der Waals surface area contributed by atoms with Crippen molar-refractivity contribution in [3.05, 3.63) is 11.9 Å². The Bertz CT molecular complexity index is 416. The molecule has 2 rings (SSSR count). The monoisotopic (exact) mass is 238 g/mol. The van der Waals surface area contributed by atoms with Crippen LogP contribution in [-0.2, 0) is 16.6 Å². The van der Waals surface area contributed by atoms with Gasteiger partial charge in [-0.25, -0.2) is 0 Å². The van der Waals surface area contributed by atoms with E-state index in [0.29, 0.717) is 6.54 Å². The maximum atomic E-state index is 11.9. The first kappa shape index (κ1) is 12.1. The molecule has 0 aliphatic carbocycles. The molecule has 1 aliphatic rings. The number of nitrogens with zero attached hydrogens (tertiary/aromatic N) is 2. The van der Waals surface area contributed by atoms with Crippen LogP contribution < -0.4 is 11.1 Å². The van der Waals surface area contributed by atoms with Crippen molar-refractivity contribution < 1.29 is 9.53 Å². The molecule has 0 spiro atoms. The maximum Gasteiger partial charge on any atom is 0.253 e. The number of carbonyl (C=O) groups is 1. The van der Waals surface area contributed by atoms with E-state index in [1.165, 1.54) is 0 Å². The van der Waals surface area contributed by atoms with E-state index < -0.39 is 0 Å². The summed E-state index contributed by atoms with van der Waals surface area (Å²) in [5.41, 5.74) is 7.04. The van der Waals surface area contributed by atoms with Gasteiger partial charge in [0.25, 0.3) is 5.91 Å². The molecule has 1 amide bonds. The molecule has 1 saturated heterocycles. The summed E-state index contributed by atoms with van der Waals surface area (Å²) in [5.74, 6) is -0.114. The van der Waals surface area contributed by atoms with E-state index in [0.717, 1.165) is 24.2 Å². The van der Waals surface area contributed by atoms with Crippen molar-refractivity contribution in [2.75, 3.05) is 11.9 Å². The van der Waals surface area contributed by atoms with Crippen LogP contribution in [0.1, 0.15) is 18.5 Å². The molecule has 0 bridgehead atoms. The molecule has 94 valence electrons. The van der Waals surface area contributed by atoms with Gasteiger partial charge in [0.15, 0.2) is 0 Å². The molecule has 2 atom stereocenters. The van der Waals surface area contributed by atoms with Crippen LogP contribution >= 0.6 is 0 Å². The lowest BCUT2D eigenvalue weighted by atomic mass is 10.2. The Morgan fingerprint density at radius 1 is 1.71 bits per heavy atom. The Labute approximate surface area is 100 Å². The van der Waals surface area contributed by atoms with Crippen molar-refractivity contribution in [3.8, 4) is 0 Å². The highest BCUT2D eigenvalue weighted by Crippen LogP contribution is 2.21. The van der Waals surface area contributed by atoms with Gasteiger partial charge in [0.05, 0.1) is 17.5 Å². The highest BCUT2D eigenvalue weighted by atomic mass is 16.5. The van der Waals surface area contributed by atoms with Crippen molar-refractivity contribution in [1.29, 1.82) is 0 Å². The van der Waals surface area contributed by atoms with E-state index in [1.54, 1.807) is 10.9 Å². The lowest BCUT2D eigenvalue weighted by Gasteiger charge is -2.11. The lowest BCUT2D eigenvalue weighted by Crippen LogP contribution is -2.29. The van der Waals surface area contributed by atoms with Crippen LogP contribution in [0.25, 0.3) is 0 Å². The molecule has 0 aromatic carbocycles. The third kappa shape index (κ3) is 2.65. The van der Waals surface area contributed by atoms with E-state index in [2.05, 4.69) is 10.4 Å². The fraction of sp³-hybridized carbons (Fsp3) is 0.636. The Hall–Kier alpha value is -1.40. The molecule has 2 unspecified atom stereocenters. The molecule has 1 aliphatic heterocycles. The highest BCUT2D eigenvalue weighted by molar-refractivity contribution is 5.94. The second-order valence-electron chi connectivity index (χ2n) is 4.35. The van der Waals surface area contributed by atoms with Crippen LogP contribution in [0.2, 0.25) is 0 Å². The van der Waals surface area contributed by atoms with Gasteiger partial charge in [-0.1, -0.05) is 0 Å². The lowest BCUT2D eigenvalue weighted by molar-refractivity contribution is -0.126. The van der Waals surface area contributed by atoms with Crippen LogP contribution in [0.5, 0.6) is 0 Å². The van der Waals surface area contributed by atoms with Crippen LogP contribution in [0.15, 0.2) is 6.20 Å². The zero-order valence-electron chi connectivity index (χ0n) is 10.1. The Morgan fingerprint density at radius 3 is 3.00 bits per heavy atom. The number of hydrogen-bond donors (Lipinski definition) is 2. The summed E-state index contributed by atoms with van der Waals surface area (Å²) < 4.78 is 7.20. The standard InChI is InChI=1S/C11H18N4O2/c1-7-9(6-15(2)14-7)13-11(16)10-4-3-8(5-12)17-10/h6,8,10H,3-5,12H2,1-2H3,(H,13,16). The van der Waals surface area contributed by atoms with E-state index in [-0.39, 0.29) is 18.1 Å². The molecule has 6 heteroatoms. The van der Waals surface area contributed by atoms with Gasteiger partial charge in [0, 0.05) is 19.8 Å². The molecule has 17 heavy (non-hydrogen) atoms. The van der Waals surface area contributed by atoms with E-state index in [1.807, 2.05) is 14.0 Å². The van der Waals surface area contributed by atoms with Crippen LogP contribution in [-0.4, -0.2) is 34.4 Å². The first-order valence-corrected chi connectivity index (χ1v) is 5.76. The molecular weight excluding hydrogens is 220 g/mol. The van der Waals surface area contributed by atoms with Gasteiger partial charge < -0.3 is 15.8 Å². The van der Waals surface area contributed by atoms with Crippen molar-refractivity contribution in [1.82, 2.24) is 9.78 Å². The summed E-state index contributed by atoms with van der Waals surface area (Å²) in [6.07, 6.45) is 2.99. The Balaban J connectivity index is 1.96. The van der Waals surface area contributed by atoms with Crippen LogP contribution in [0.4, 0.5) is 5.69 Å². The average molecular weight is 238 g/mol. The average Bonchev–Trinajstić information content (AvgIpc) is 2.86. The number of ether oxygens (including phenoxy) is 1. The summed E-state index contributed by atoms with van der Waals surface area (Å²) in [5, 5.41) is 6.99. The number of aryl methyl sites for hydroxylation is 2. The summed E-state index contributed by atoms with van der Waals surface area (Å²) in [6, 6.07) is 0. The van der Waals surface area contributed by atoms with Crippen LogP contribution in [0.3, 0.4) is 0 Å². The molecule has 2 heterocycles. The number of nitrogens with two attached hydrogens (primary N) is 1. The molecule has 0 saturated carbocycles. The first-order valence-electron chi connectivity index (χ1n) is 5.76. The molecule has 3 N–H and O–H groups in total. The molecule has 6 nitrogen and oxygen atoms in total. The molecular formula is C11H18N4O2. The zero-order valence-corrected chi connectivity index (χ0v) is 10.1. The van der Waals surface area contributed by atoms with E-state index in [9.17, 15) is 4.79 Å². The minimum absolute atomic E-state index is 0.0146. The Morgan fingerprint density at radius 2 is 2.47 bits per heavy atom. The smallest absolute Gasteiger partial charge is 0.253 e. The fourth-order valence-electron chi connectivity index (χ4n) is 2.01. The van der Waals surface area contributed by atoms with Gasteiger partial charge in [-0.15, -0.1) is 0 Å². The second-order valence-corrected chi connectivity index (χ2v) is 4.35. The van der Waals surface area contributed by atoms with Crippen molar-refractivity contribution in [2.45, 2.75) is 32.0 Å². The zero-order chi connectivity index (χ0) is 12.4. The molecule has 0 radical (unpaired) electrons. The summed E-state index contributed by atoms with van der Waals surface area (Å²) >= 11 is 0. The van der Waals surface area contributed by atoms with Crippen molar-refractivity contribution in [3.63, 3.8) is 0 Å². The maximum absolute atomic E-state index is 11.9. The molecule has 1 fully saturated rings. The van der Waals surface area contributed by atoms with E-state index in [4.69, 9.17) is 10.5 Å². The second kappa shape index (κ2) is 4.85. The first-order chi connectivity index (χ1) is 8.10. The van der Waals surface area contributed by atoms with Gasteiger partial charge in [-0.3, -0.25) is 9.48 Å². The minimum Gasteiger partial charge on any atom is -0.364 e. The number of aromatic nitrogens is 2. The van der Waals surface area contributed by atoms with Crippen molar-refractivity contribution in [2.24, 2.45) is 12.8 Å². The predicted octanol–water partition coefficient (Wildman–Crippen LogP) is 0.173. The normalized spacial score (nSPS) is 23.9. The Kier molecular flexibility index (Phi) is 3.44. The molecule has 1 aromatic rings. The largest absolute Gasteiger partial charge is 0.364 e. The van der Waals surface area contributed by atoms with E-state index >= 15 is 0 Å². The van der Waals surface area contributed by atoms with Gasteiger partial charge in [0.2, 0.25) is 0 Å². The summed E-state index contributed by atoms with van der Waals surface area (Å²) in [4.78, 5) is 11.9. The van der Waals surface area contributed by atoms with Gasteiger partial charge in [0.1, 0.15) is 6.10 Å². The third-order valence-corrected chi connectivity index (χ3v) is 2.93.